The summed E-state index contributed by atoms with van der Waals surface area (Å²) in [5.74, 6) is 0.309. The largest absolute Gasteiger partial charge is 0.366 e. The molecule has 1 unspecified atom stereocenters. The Balaban J connectivity index is 1.76. The third-order valence-corrected chi connectivity index (χ3v) is 5.33. The van der Waals surface area contributed by atoms with Gasteiger partial charge in [0.1, 0.15) is 5.82 Å². The van der Waals surface area contributed by atoms with Crippen molar-refractivity contribution in [2.24, 2.45) is 0 Å². The third kappa shape index (κ3) is 2.53. The van der Waals surface area contributed by atoms with Crippen molar-refractivity contribution in [3.63, 3.8) is 0 Å². The summed E-state index contributed by atoms with van der Waals surface area (Å²) in [5.41, 5.74) is 3.86. The van der Waals surface area contributed by atoms with Crippen LogP contribution in [0.15, 0.2) is 59.1 Å². The molecule has 0 amide bonds. The lowest BCUT2D eigenvalue weighted by Crippen LogP contribution is -2.20. The third-order valence-electron chi connectivity index (χ3n) is 4.64. The number of hydrogen-bond acceptors (Lipinski definition) is 1. The van der Waals surface area contributed by atoms with Crippen LogP contribution in [0.1, 0.15) is 24.0 Å². The van der Waals surface area contributed by atoms with Gasteiger partial charge in [-0.25, -0.2) is 4.39 Å². The number of hydrogen-bond donors (Lipinski definition) is 0. The standard InChI is InChI=1S/C20H17BrFN/c1-13-11-23(12-14-5-7-15(22)8-6-14)19-10-9-16-17(20(13)19)3-2-4-18(16)21/h2-10,13H,11-12H2,1H3. The zero-order valence-electron chi connectivity index (χ0n) is 12.9. The van der Waals surface area contributed by atoms with E-state index in [9.17, 15) is 4.39 Å². The Bertz CT molecular complexity index is 873. The average molecular weight is 370 g/mol. The number of benzene rings is 3. The van der Waals surface area contributed by atoms with Crippen LogP contribution in [0, 0.1) is 5.82 Å². The molecule has 0 bridgehead atoms. The molecule has 1 heterocycles. The van der Waals surface area contributed by atoms with Gasteiger partial charge in [-0.05, 0) is 46.2 Å². The van der Waals surface area contributed by atoms with E-state index in [1.807, 2.05) is 12.1 Å². The molecule has 0 saturated carbocycles. The molecule has 0 N–H and O–H groups in total. The summed E-state index contributed by atoms with van der Waals surface area (Å²) in [6.07, 6.45) is 0. The molecule has 1 atom stereocenters. The average Bonchev–Trinajstić information content (AvgIpc) is 2.86. The quantitative estimate of drug-likeness (QED) is 0.546. The van der Waals surface area contributed by atoms with Gasteiger partial charge in [0, 0.05) is 29.2 Å². The summed E-state index contributed by atoms with van der Waals surface area (Å²) in [7, 11) is 0. The minimum Gasteiger partial charge on any atom is -0.366 e. The molecule has 3 aromatic carbocycles. The second-order valence-electron chi connectivity index (χ2n) is 6.24. The molecule has 23 heavy (non-hydrogen) atoms. The Kier molecular flexibility index (Phi) is 3.61. The SMILES string of the molecule is CC1CN(Cc2ccc(F)cc2)c2ccc3c(Br)cccc3c21. The van der Waals surface area contributed by atoms with Crippen molar-refractivity contribution < 1.29 is 4.39 Å². The Labute approximate surface area is 143 Å². The van der Waals surface area contributed by atoms with Crippen LogP contribution in [0.3, 0.4) is 0 Å². The zero-order chi connectivity index (χ0) is 16.0. The van der Waals surface area contributed by atoms with E-state index in [0.717, 1.165) is 23.1 Å². The Morgan fingerprint density at radius 1 is 1.04 bits per heavy atom. The molecule has 4 rings (SSSR count). The van der Waals surface area contributed by atoms with Crippen LogP contribution < -0.4 is 4.90 Å². The van der Waals surface area contributed by atoms with Crippen LogP contribution in [0.5, 0.6) is 0 Å². The highest BCUT2D eigenvalue weighted by Crippen LogP contribution is 2.42. The molecule has 0 spiro atoms. The van der Waals surface area contributed by atoms with Gasteiger partial charge in [-0.3, -0.25) is 0 Å². The predicted octanol–water partition coefficient (Wildman–Crippen LogP) is 5.87. The van der Waals surface area contributed by atoms with Crippen molar-refractivity contribution in [3.8, 4) is 0 Å². The fourth-order valence-electron chi connectivity index (χ4n) is 3.61. The summed E-state index contributed by atoms with van der Waals surface area (Å²) in [4.78, 5) is 2.40. The topological polar surface area (TPSA) is 3.24 Å². The maximum atomic E-state index is 13.1. The van der Waals surface area contributed by atoms with Crippen molar-refractivity contribution in [1.82, 2.24) is 0 Å². The summed E-state index contributed by atoms with van der Waals surface area (Å²) >= 11 is 3.65. The monoisotopic (exact) mass is 369 g/mol. The number of fused-ring (bicyclic) bond motifs is 3. The molecule has 0 saturated heterocycles. The molecule has 3 heteroatoms. The lowest BCUT2D eigenvalue weighted by Gasteiger charge is -2.20. The van der Waals surface area contributed by atoms with Crippen molar-refractivity contribution in [2.45, 2.75) is 19.4 Å². The van der Waals surface area contributed by atoms with Gasteiger partial charge in [-0.2, -0.15) is 0 Å². The maximum Gasteiger partial charge on any atom is 0.123 e. The molecule has 0 radical (unpaired) electrons. The van der Waals surface area contributed by atoms with Crippen LogP contribution in [-0.2, 0) is 6.54 Å². The normalized spacial score (nSPS) is 16.8. The van der Waals surface area contributed by atoms with Gasteiger partial charge >= 0.3 is 0 Å². The van der Waals surface area contributed by atoms with Crippen LogP contribution in [0.25, 0.3) is 10.8 Å². The molecular weight excluding hydrogens is 353 g/mol. The molecule has 116 valence electrons. The van der Waals surface area contributed by atoms with E-state index in [0.29, 0.717) is 5.92 Å². The van der Waals surface area contributed by atoms with Gasteiger partial charge in [0.2, 0.25) is 0 Å². The highest BCUT2D eigenvalue weighted by atomic mass is 79.9. The number of halogens is 2. The van der Waals surface area contributed by atoms with Gasteiger partial charge < -0.3 is 4.90 Å². The van der Waals surface area contributed by atoms with Crippen LogP contribution in [0.4, 0.5) is 10.1 Å². The first kappa shape index (κ1) is 14.7. The van der Waals surface area contributed by atoms with Crippen molar-refractivity contribution in [2.75, 3.05) is 11.4 Å². The summed E-state index contributed by atoms with van der Waals surface area (Å²) in [6.45, 7) is 4.10. The zero-order valence-corrected chi connectivity index (χ0v) is 14.5. The predicted molar refractivity (Wildman–Crippen MR) is 97.5 cm³/mol. The fourth-order valence-corrected chi connectivity index (χ4v) is 4.10. The molecule has 3 aromatic rings. The molecule has 1 nitrogen and oxygen atoms in total. The van der Waals surface area contributed by atoms with E-state index in [2.05, 4.69) is 58.1 Å². The van der Waals surface area contributed by atoms with Gasteiger partial charge in [0.05, 0.1) is 0 Å². The summed E-state index contributed by atoms with van der Waals surface area (Å²) < 4.78 is 14.2. The Morgan fingerprint density at radius 3 is 2.61 bits per heavy atom. The molecule has 0 fully saturated rings. The summed E-state index contributed by atoms with van der Waals surface area (Å²) in [5, 5.41) is 2.59. The van der Waals surface area contributed by atoms with Gasteiger partial charge in [0.15, 0.2) is 0 Å². The first-order valence-electron chi connectivity index (χ1n) is 7.84. The van der Waals surface area contributed by atoms with E-state index >= 15 is 0 Å². The Morgan fingerprint density at radius 2 is 1.83 bits per heavy atom. The fraction of sp³-hybridized carbons (Fsp3) is 0.200. The second-order valence-corrected chi connectivity index (χ2v) is 7.10. The van der Waals surface area contributed by atoms with E-state index in [1.165, 1.54) is 34.2 Å². The highest BCUT2D eigenvalue weighted by Gasteiger charge is 2.27. The highest BCUT2D eigenvalue weighted by molar-refractivity contribution is 9.10. The maximum absolute atomic E-state index is 13.1. The molecule has 1 aliphatic rings. The van der Waals surface area contributed by atoms with Crippen LogP contribution in [-0.4, -0.2) is 6.54 Å². The van der Waals surface area contributed by atoms with E-state index in [4.69, 9.17) is 0 Å². The first-order valence-corrected chi connectivity index (χ1v) is 8.63. The smallest absolute Gasteiger partial charge is 0.123 e. The van der Waals surface area contributed by atoms with E-state index < -0.39 is 0 Å². The number of nitrogens with zero attached hydrogens (tertiary/aromatic N) is 1. The molecule has 1 aliphatic heterocycles. The van der Waals surface area contributed by atoms with E-state index in [1.54, 1.807) is 0 Å². The van der Waals surface area contributed by atoms with Crippen molar-refractivity contribution >= 4 is 32.4 Å². The number of anilines is 1. The van der Waals surface area contributed by atoms with Gasteiger partial charge in [-0.15, -0.1) is 0 Å². The molecular formula is C20H17BrFN. The Hall–Kier alpha value is -1.87. The van der Waals surface area contributed by atoms with Crippen LogP contribution >= 0.6 is 15.9 Å². The minimum atomic E-state index is -0.181. The van der Waals surface area contributed by atoms with Crippen molar-refractivity contribution in [1.29, 1.82) is 0 Å². The lowest BCUT2D eigenvalue weighted by molar-refractivity contribution is 0.626. The minimum absolute atomic E-state index is 0.181. The summed E-state index contributed by atoms with van der Waals surface area (Å²) in [6, 6.07) is 17.6. The molecule has 0 aromatic heterocycles. The van der Waals surface area contributed by atoms with Gasteiger partial charge in [-0.1, -0.05) is 53.2 Å². The number of rotatable bonds is 2. The van der Waals surface area contributed by atoms with E-state index in [-0.39, 0.29) is 5.82 Å². The van der Waals surface area contributed by atoms with Crippen LogP contribution in [0.2, 0.25) is 0 Å². The lowest BCUT2D eigenvalue weighted by atomic mass is 9.96. The van der Waals surface area contributed by atoms with Gasteiger partial charge in [0.25, 0.3) is 0 Å². The first-order chi connectivity index (χ1) is 11.1. The molecule has 0 aliphatic carbocycles. The second kappa shape index (κ2) is 5.64. The van der Waals surface area contributed by atoms with Crippen molar-refractivity contribution in [3.05, 3.63) is 76.0 Å².